The van der Waals surface area contributed by atoms with Gasteiger partial charge in [-0.15, -0.1) is 13.2 Å². The number of hydrogen-bond donors (Lipinski definition) is 1. The van der Waals surface area contributed by atoms with Crippen LogP contribution >= 0.6 is 0 Å². The molecule has 7 heteroatoms. The van der Waals surface area contributed by atoms with Crippen molar-refractivity contribution < 1.29 is 22.7 Å². The van der Waals surface area contributed by atoms with Crippen molar-refractivity contribution in [3.8, 4) is 5.75 Å². The Morgan fingerprint density at radius 2 is 1.85 bits per heavy atom. The van der Waals surface area contributed by atoms with Crippen LogP contribution in [0, 0.1) is 0 Å². The minimum absolute atomic E-state index is 0.350. The number of aromatic nitrogens is 1. The van der Waals surface area contributed by atoms with Crippen LogP contribution in [0.1, 0.15) is 10.4 Å². The summed E-state index contributed by atoms with van der Waals surface area (Å²) in [6.45, 7) is 0. The molecule has 0 radical (unpaired) electrons. The van der Waals surface area contributed by atoms with E-state index < -0.39 is 12.3 Å². The zero-order valence-corrected chi connectivity index (χ0v) is 10.0. The SMILES string of the molecule is O=C(Nc1ccc(OC(F)(F)F)cc1)c1cccnc1. The molecule has 2 rings (SSSR count). The van der Waals surface area contributed by atoms with Crippen LogP contribution < -0.4 is 10.1 Å². The molecule has 0 saturated carbocycles. The Labute approximate surface area is 112 Å². The maximum absolute atomic E-state index is 12.0. The van der Waals surface area contributed by atoms with Gasteiger partial charge in [0.15, 0.2) is 0 Å². The number of nitrogens with one attached hydrogen (secondary N) is 1. The molecular weight excluding hydrogens is 273 g/mol. The molecule has 0 fully saturated rings. The van der Waals surface area contributed by atoms with Crippen molar-refractivity contribution >= 4 is 11.6 Å². The smallest absolute Gasteiger partial charge is 0.406 e. The van der Waals surface area contributed by atoms with Crippen LogP contribution in [0.4, 0.5) is 18.9 Å². The largest absolute Gasteiger partial charge is 0.573 e. The van der Waals surface area contributed by atoms with Gasteiger partial charge in [-0.05, 0) is 36.4 Å². The number of pyridine rings is 1. The molecule has 4 nitrogen and oxygen atoms in total. The quantitative estimate of drug-likeness (QED) is 0.940. The standard InChI is InChI=1S/C13H9F3N2O2/c14-13(15,16)20-11-5-3-10(4-6-11)18-12(19)9-2-1-7-17-8-9/h1-8H,(H,18,19). The van der Waals surface area contributed by atoms with Crippen LogP contribution in [0.3, 0.4) is 0 Å². The summed E-state index contributed by atoms with van der Waals surface area (Å²) >= 11 is 0. The molecule has 0 bridgehead atoms. The van der Waals surface area contributed by atoms with Crippen LogP contribution in [0.2, 0.25) is 0 Å². The van der Waals surface area contributed by atoms with Crippen molar-refractivity contribution in [2.45, 2.75) is 6.36 Å². The van der Waals surface area contributed by atoms with Crippen LogP contribution in [0.25, 0.3) is 0 Å². The van der Waals surface area contributed by atoms with Gasteiger partial charge in [0, 0.05) is 18.1 Å². The zero-order valence-electron chi connectivity index (χ0n) is 10.0. The average molecular weight is 282 g/mol. The van der Waals surface area contributed by atoms with E-state index in [9.17, 15) is 18.0 Å². The normalized spacial score (nSPS) is 10.9. The zero-order chi connectivity index (χ0) is 14.6. The minimum Gasteiger partial charge on any atom is -0.406 e. The lowest BCUT2D eigenvalue weighted by atomic mass is 10.2. The van der Waals surface area contributed by atoms with Crippen molar-refractivity contribution in [2.24, 2.45) is 0 Å². The third-order valence-electron chi connectivity index (χ3n) is 2.27. The summed E-state index contributed by atoms with van der Waals surface area (Å²) in [5.74, 6) is -0.750. The summed E-state index contributed by atoms with van der Waals surface area (Å²) in [5, 5.41) is 2.53. The van der Waals surface area contributed by atoms with Gasteiger partial charge in [-0.3, -0.25) is 9.78 Å². The van der Waals surface area contributed by atoms with Gasteiger partial charge in [0.05, 0.1) is 5.56 Å². The van der Waals surface area contributed by atoms with E-state index in [0.717, 1.165) is 12.1 Å². The van der Waals surface area contributed by atoms with Crippen molar-refractivity contribution in [3.05, 3.63) is 54.4 Å². The van der Waals surface area contributed by atoms with Gasteiger partial charge in [-0.2, -0.15) is 0 Å². The first kappa shape index (κ1) is 13.9. The number of ether oxygens (including phenoxy) is 1. The maximum atomic E-state index is 12.0. The molecule has 0 saturated heterocycles. The second-order valence-corrected chi connectivity index (χ2v) is 3.77. The summed E-state index contributed by atoms with van der Waals surface area (Å²) in [6, 6.07) is 8.04. The number of nitrogens with zero attached hydrogens (tertiary/aromatic N) is 1. The van der Waals surface area contributed by atoms with Gasteiger partial charge >= 0.3 is 6.36 Å². The van der Waals surface area contributed by atoms with Gasteiger partial charge in [0.25, 0.3) is 5.91 Å². The lowest BCUT2D eigenvalue weighted by Gasteiger charge is -2.09. The third kappa shape index (κ3) is 3.98. The molecule has 0 atom stereocenters. The first-order valence-corrected chi connectivity index (χ1v) is 5.51. The fourth-order valence-electron chi connectivity index (χ4n) is 1.44. The van der Waals surface area contributed by atoms with Gasteiger partial charge in [-0.25, -0.2) is 0 Å². The van der Waals surface area contributed by atoms with E-state index in [1.165, 1.54) is 24.5 Å². The molecular formula is C13H9F3N2O2. The van der Waals surface area contributed by atoms with Crippen LogP contribution in [-0.2, 0) is 0 Å². The van der Waals surface area contributed by atoms with E-state index in [-0.39, 0.29) is 5.75 Å². The molecule has 0 aliphatic heterocycles. The number of halogens is 3. The molecule has 0 aliphatic carbocycles. The Bertz CT molecular complexity index is 583. The number of hydrogen-bond acceptors (Lipinski definition) is 3. The second kappa shape index (κ2) is 5.60. The van der Waals surface area contributed by atoms with Crippen molar-refractivity contribution in [3.63, 3.8) is 0 Å². The molecule has 0 unspecified atom stereocenters. The Hall–Kier alpha value is -2.57. The molecule has 1 heterocycles. The van der Waals surface area contributed by atoms with Gasteiger partial charge in [-0.1, -0.05) is 0 Å². The Morgan fingerprint density at radius 1 is 1.15 bits per heavy atom. The van der Waals surface area contributed by atoms with Crippen molar-refractivity contribution in [2.75, 3.05) is 5.32 Å². The monoisotopic (exact) mass is 282 g/mol. The molecule has 20 heavy (non-hydrogen) atoms. The topological polar surface area (TPSA) is 51.2 Å². The first-order valence-electron chi connectivity index (χ1n) is 5.51. The van der Waals surface area contributed by atoms with E-state index in [1.807, 2.05) is 0 Å². The third-order valence-corrected chi connectivity index (χ3v) is 2.27. The fraction of sp³-hybridized carbons (Fsp3) is 0.0769. The van der Waals surface area contributed by atoms with E-state index in [0.29, 0.717) is 11.3 Å². The van der Waals surface area contributed by atoms with E-state index in [2.05, 4.69) is 15.0 Å². The number of carbonyl (C=O) groups is 1. The molecule has 1 aromatic heterocycles. The molecule has 1 N–H and O–H groups in total. The number of benzene rings is 1. The summed E-state index contributed by atoms with van der Waals surface area (Å²) in [6.07, 6.45) is -1.82. The Morgan fingerprint density at radius 3 is 2.40 bits per heavy atom. The Balaban J connectivity index is 2.02. The molecule has 2 aromatic rings. The van der Waals surface area contributed by atoms with Crippen LogP contribution in [0.5, 0.6) is 5.75 Å². The highest BCUT2D eigenvalue weighted by Crippen LogP contribution is 2.24. The van der Waals surface area contributed by atoms with E-state index in [1.54, 1.807) is 12.1 Å². The number of amides is 1. The summed E-state index contributed by atoms with van der Waals surface area (Å²) in [4.78, 5) is 15.6. The molecule has 0 spiro atoms. The van der Waals surface area contributed by atoms with Crippen molar-refractivity contribution in [1.29, 1.82) is 0 Å². The van der Waals surface area contributed by atoms with Crippen LogP contribution in [-0.4, -0.2) is 17.3 Å². The van der Waals surface area contributed by atoms with Gasteiger partial charge < -0.3 is 10.1 Å². The van der Waals surface area contributed by atoms with Crippen molar-refractivity contribution in [1.82, 2.24) is 4.98 Å². The first-order chi connectivity index (χ1) is 9.44. The average Bonchev–Trinajstić information content (AvgIpc) is 2.40. The predicted octanol–water partition coefficient (Wildman–Crippen LogP) is 3.23. The Kier molecular flexibility index (Phi) is 3.88. The highest BCUT2D eigenvalue weighted by Gasteiger charge is 2.30. The highest BCUT2D eigenvalue weighted by molar-refractivity contribution is 6.04. The number of anilines is 1. The predicted molar refractivity (Wildman–Crippen MR) is 65.3 cm³/mol. The fourth-order valence-corrected chi connectivity index (χ4v) is 1.44. The molecule has 1 aromatic carbocycles. The summed E-state index contributed by atoms with van der Waals surface area (Å²) in [7, 11) is 0. The van der Waals surface area contributed by atoms with Crippen LogP contribution in [0.15, 0.2) is 48.8 Å². The lowest BCUT2D eigenvalue weighted by Crippen LogP contribution is -2.17. The number of alkyl halides is 3. The maximum Gasteiger partial charge on any atom is 0.573 e. The van der Waals surface area contributed by atoms with E-state index in [4.69, 9.17) is 0 Å². The highest BCUT2D eigenvalue weighted by atomic mass is 19.4. The number of carbonyl (C=O) groups excluding carboxylic acids is 1. The summed E-state index contributed by atoms with van der Waals surface area (Å²) < 4.78 is 39.6. The van der Waals surface area contributed by atoms with Gasteiger partial charge in [0.1, 0.15) is 5.75 Å². The number of rotatable bonds is 3. The minimum atomic E-state index is -4.74. The summed E-state index contributed by atoms with van der Waals surface area (Å²) in [5.41, 5.74) is 0.705. The second-order valence-electron chi connectivity index (χ2n) is 3.77. The molecule has 104 valence electrons. The molecule has 1 amide bonds. The lowest BCUT2D eigenvalue weighted by molar-refractivity contribution is -0.274. The van der Waals surface area contributed by atoms with Gasteiger partial charge in [0.2, 0.25) is 0 Å². The molecule has 0 aliphatic rings. The van der Waals surface area contributed by atoms with E-state index >= 15 is 0 Å².